The van der Waals surface area contributed by atoms with Crippen molar-refractivity contribution in [1.29, 1.82) is 0 Å². The van der Waals surface area contributed by atoms with Gasteiger partial charge in [-0.3, -0.25) is 4.98 Å². The second-order valence-electron chi connectivity index (χ2n) is 7.30. The van der Waals surface area contributed by atoms with Crippen molar-refractivity contribution in [2.24, 2.45) is 0 Å². The second kappa shape index (κ2) is 7.59. The first kappa shape index (κ1) is 18.4. The standard InChI is InChI=1S/C21H26N6O/c1-13-10-16(22)11-20(23-13)15(3)24-21-19-12-17(27-6-8-28-9-7-27)4-5-18(19)14(2)25-26-21/h4-5,10-12,15H,6-9H2,1-3H3,(H2,22,23)(H,24,26)/t15-/m1/s1. The molecule has 1 aliphatic rings. The lowest BCUT2D eigenvalue weighted by atomic mass is 10.1. The molecule has 0 radical (unpaired) electrons. The maximum absolute atomic E-state index is 5.99. The molecular formula is C21H26N6O. The predicted molar refractivity (Wildman–Crippen MR) is 113 cm³/mol. The molecule has 3 N–H and O–H groups in total. The zero-order chi connectivity index (χ0) is 19.7. The van der Waals surface area contributed by atoms with Crippen molar-refractivity contribution in [2.75, 3.05) is 42.3 Å². The molecule has 0 amide bonds. The molecular weight excluding hydrogens is 352 g/mol. The van der Waals surface area contributed by atoms with E-state index in [-0.39, 0.29) is 6.04 Å². The minimum atomic E-state index is -0.0468. The molecule has 0 spiro atoms. The fraction of sp³-hybridized carbons (Fsp3) is 0.381. The third-order valence-corrected chi connectivity index (χ3v) is 5.12. The summed E-state index contributed by atoms with van der Waals surface area (Å²) in [6.45, 7) is 9.30. The second-order valence-corrected chi connectivity index (χ2v) is 7.30. The van der Waals surface area contributed by atoms with Gasteiger partial charge in [-0.05, 0) is 45.0 Å². The van der Waals surface area contributed by atoms with Gasteiger partial charge >= 0.3 is 0 Å². The lowest BCUT2D eigenvalue weighted by Gasteiger charge is -2.29. The summed E-state index contributed by atoms with van der Waals surface area (Å²) in [5.41, 5.74) is 10.6. The van der Waals surface area contributed by atoms with Gasteiger partial charge in [-0.15, -0.1) is 5.10 Å². The van der Waals surface area contributed by atoms with E-state index >= 15 is 0 Å². The summed E-state index contributed by atoms with van der Waals surface area (Å²) in [7, 11) is 0. The highest BCUT2D eigenvalue weighted by Crippen LogP contribution is 2.30. The number of fused-ring (bicyclic) bond motifs is 1. The molecule has 7 heteroatoms. The van der Waals surface area contributed by atoms with Crippen molar-refractivity contribution in [3.05, 3.63) is 47.4 Å². The van der Waals surface area contributed by atoms with E-state index in [1.165, 1.54) is 5.69 Å². The van der Waals surface area contributed by atoms with E-state index in [1.807, 2.05) is 26.0 Å². The molecule has 1 atom stereocenters. The van der Waals surface area contributed by atoms with Crippen LogP contribution in [-0.2, 0) is 4.74 Å². The molecule has 28 heavy (non-hydrogen) atoms. The Morgan fingerprint density at radius 1 is 1.07 bits per heavy atom. The van der Waals surface area contributed by atoms with Crippen LogP contribution >= 0.6 is 0 Å². The highest BCUT2D eigenvalue weighted by Gasteiger charge is 2.16. The van der Waals surface area contributed by atoms with Crippen LogP contribution in [0, 0.1) is 13.8 Å². The zero-order valence-electron chi connectivity index (χ0n) is 16.6. The minimum absolute atomic E-state index is 0.0468. The highest BCUT2D eigenvalue weighted by molar-refractivity contribution is 5.95. The maximum Gasteiger partial charge on any atom is 0.157 e. The Labute approximate surface area is 164 Å². The molecule has 0 saturated carbocycles. The monoisotopic (exact) mass is 378 g/mol. The number of aromatic nitrogens is 3. The lowest BCUT2D eigenvalue weighted by Crippen LogP contribution is -2.36. The van der Waals surface area contributed by atoms with Gasteiger partial charge in [-0.25, -0.2) is 0 Å². The Balaban J connectivity index is 1.70. The first-order valence-corrected chi connectivity index (χ1v) is 9.61. The van der Waals surface area contributed by atoms with Crippen LogP contribution in [0.4, 0.5) is 17.2 Å². The van der Waals surface area contributed by atoms with Gasteiger partial charge < -0.3 is 20.7 Å². The molecule has 1 aliphatic heterocycles. The number of hydrogen-bond acceptors (Lipinski definition) is 7. The number of anilines is 3. The van der Waals surface area contributed by atoms with Crippen molar-refractivity contribution < 1.29 is 4.74 Å². The number of nitrogens with one attached hydrogen (secondary N) is 1. The number of ether oxygens (including phenoxy) is 1. The number of morpholine rings is 1. The number of rotatable bonds is 4. The average Bonchev–Trinajstić information content (AvgIpc) is 2.70. The fourth-order valence-electron chi connectivity index (χ4n) is 3.62. The van der Waals surface area contributed by atoms with Crippen LogP contribution in [0.1, 0.15) is 30.0 Å². The van der Waals surface area contributed by atoms with Crippen LogP contribution in [0.2, 0.25) is 0 Å². The van der Waals surface area contributed by atoms with Crippen molar-refractivity contribution in [3.63, 3.8) is 0 Å². The van der Waals surface area contributed by atoms with Gasteiger partial charge in [0, 0.05) is 40.9 Å². The minimum Gasteiger partial charge on any atom is -0.399 e. The number of hydrogen-bond donors (Lipinski definition) is 2. The normalized spacial score (nSPS) is 15.6. The largest absolute Gasteiger partial charge is 0.399 e. The van der Waals surface area contributed by atoms with E-state index in [0.29, 0.717) is 5.69 Å². The molecule has 0 unspecified atom stereocenters. The maximum atomic E-state index is 5.99. The summed E-state index contributed by atoms with van der Waals surface area (Å²) in [4.78, 5) is 6.95. The third kappa shape index (κ3) is 3.71. The molecule has 7 nitrogen and oxygen atoms in total. The Morgan fingerprint density at radius 2 is 1.86 bits per heavy atom. The Hall–Kier alpha value is -2.93. The van der Waals surface area contributed by atoms with Crippen LogP contribution in [0.5, 0.6) is 0 Å². The van der Waals surface area contributed by atoms with Crippen molar-refractivity contribution in [2.45, 2.75) is 26.8 Å². The van der Waals surface area contributed by atoms with E-state index in [1.54, 1.807) is 0 Å². The number of nitrogens with zero attached hydrogens (tertiary/aromatic N) is 4. The van der Waals surface area contributed by atoms with E-state index < -0.39 is 0 Å². The summed E-state index contributed by atoms with van der Waals surface area (Å²) in [6.07, 6.45) is 0. The number of aryl methyl sites for hydroxylation is 2. The number of nitrogens with two attached hydrogens (primary N) is 1. The SMILES string of the molecule is Cc1cc(N)cc([C@@H](C)Nc2nnc(C)c3ccc(N4CCOCC4)cc23)n1. The van der Waals surface area contributed by atoms with Crippen LogP contribution in [-0.4, -0.2) is 41.5 Å². The predicted octanol–water partition coefficient (Wildman–Crippen LogP) is 3.23. The van der Waals surface area contributed by atoms with Crippen LogP contribution < -0.4 is 16.0 Å². The van der Waals surface area contributed by atoms with Crippen molar-refractivity contribution in [1.82, 2.24) is 15.2 Å². The summed E-state index contributed by atoms with van der Waals surface area (Å²) < 4.78 is 5.48. The fourth-order valence-corrected chi connectivity index (χ4v) is 3.62. The van der Waals surface area contributed by atoms with Gasteiger partial charge in [-0.1, -0.05) is 6.07 Å². The van der Waals surface area contributed by atoms with Gasteiger partial charge in [-0.2, -0.15) is 5.10 Å². The first-order valence-electron chi connectivity index (χ1n) is 9.61. The molecule has 3 aromatic rings. The number of pyridine rings is 1. The smallest absolute Gasteiger partial charge is 0.157 e. The zero-order valence-corrected chi connectivity index (χ0v) is 16.6. The van der Waals surface area contributed by atoms with Crippen LogP contribution in [0.25, 0.3) is 10.8 Å². The van der Waals surface area contributed by atoms with E-state index in [0.717, 1.165) is 60.0 Å². The molecule has 146 valence electrons. The Morgan fingerprint density at radius 3 is 2.61 bits per heavy atom. The summed E-state index contributed by atoms with van der Waals surface area (Å²) in [5, 5.41) is 14.4. The summed E-state index contributed by atoms with van der Waals surface area (Å²) in [5.74, 6) is 0.755. The molecule has 0 bridgehead atoms. The van der Waals surface area contributed by atoms with Crippen molar-refractivity contribution >= 4 is 28.0 Å². The summed E-state index contributed by atoms with van der Waals surface area (Å²) >= 11 is 0. The molecule has 1 fully saturated rings. The van der Waals surface area contributed by atoms with E-state index in [9.17, 15) is 0 Å². The topological polar surface area (TPSA) is 89.2 Å². The Kier molecular flexibility index (Phi) is 5.00. The van der Waals surface area contributed by atoms with Crippen molar-refractivity contribution in [3.8, 4) is 0 Å². The van der Waals surface area contributed by atoms with Gasteiger partial charge in [0.05, 0.1) is 30.6 Å². The van der Waals surface area contributed by atoms with Crippen LogP contribution in [0.15, 0.2) is 30.3 Å². The van der Waals surface area contributed by atoms with Gasteiger partial charge in [0.2, 0.25) is 0 Å². The average molecular weight is 378 g/mol. The highest BCUT2D eigenvalue weighted by atomic mass is 16.5. The summed E-state index contributed by atoms with van der Waals surface area (Å²) in [6, 6.07) is 10.2. The molecule has 3 heterocycles. The third-order valence-electron chi connectivity index (χ3n) is 5.12. The van der Waals surface area contributed by atoms with Gasteiger partial charge in [0.1, 0.15) is 0 Å². The molecule has 4 rings (SSSR count). The van der Waals surface area contributed by atoms with E-state index in [2.05, 4.69) is 50.5 Å². The number of nitrogen functional groups attached to an aromatic ring is 1. The quantitative estimate of drug-likeness (QED) is 0.720. The molecule has 1 saturated heterocycles. The molecule has 1 aromatic carbocycles. The van der Waals surface area contributed by atoms with Gasteiger partial charge in [0.25, 0.3) is 0 Å². The van der Waals surface area contributed by atoms with Gasteiger partial charge in [0.15, 0.2) is 5.82 Å². The number of benzene rings is 1. The first-order chi connectivity index (χ1) is 13.5. The lowest BCUT2D eigenvalue weighted by molar-refractivity contribution is 0.122. The molecule has 2 aromatic heterocycles. The van der Waals surface area contributed by atoms with E-state index in [4.69, 9.17) is 10.5 Å². The molecule has 0 aliphatic carbocycles. The van der Waals surface area contributed by atoms with Crippen LogP contribution in [0.3, 0.4) is 0 Å². The Bertz CT molecular complexity index is 979.